The van der Waals surface area contributed by atoms with E-state index in [1.54, 1.807) is 6.92 Å². The zero-order valence-corrected chi connectivity index (χ0v) is 10.1. The molecule has 0 aromatic carbocycles. The molecule has 90 valence electrons. The Morgan fingerprint density at radius 3 is 2.27 bits per heavy atom. The Balaban J connectivity index is 4.18. The van der Waals surface area contributed by atoms with Crippen molar-refractivity contribution in [2.24, 2.45) is 0 Å². The van der Waals surface area contributed by atoms with E-state index in [2.05, 4.69) is 8.83 Å². The fraction of sp³-hybridized carbons (Fsp3) is 0.667. The van der Waals surface area contributed by atoms with Crippen LogP contribution in [0.2, 0.25) is 0 Å². The van der Waals surface area contributed by atoms with Gasteiger partial charge in [-0.05, 0) is 13.3 Å². The molecule has 9 heteroatoms. The molecule has 0 rings (SSSR count). The number of allylic oxidation sites excluding steroid dienone is 1. The molecule has 1 unspecified atom stereocenters. The summed E-state index contributed by atoms with van der Waals surface area (Å²) in [6, 6.07) is 0. The predicted octanol–water partition coefficient (Wildman–Crippen LogP) is 1.57. The molecule has 0 aliphatic heterocycles. The maximum atomic E-state index is 10.9. The van der Waals surface area contributed by atoms with Crippen LogP contribution in [0, 0.1) is 0 Å². The highest BCUT2D eigenvalue weighted by atomic mass is 31.3. The lowest BCUT2D eigenvalue weighted by molar-refractivity contribution is 0.191. The van der Waals surface area contributed by atoms with Gasteiger partial charge in [-0.25, -0.2) is 9.13 Å². The molecular weight excluding hydrogens is 246 g/mol. The van der Waals surface area contributed by atoms with Crippen LogP contribution in [-0.4, -0.2) is 21.3 Å². The van der Waals surface area contributed by atoms with Crippen LogP contribution in [0.1, 0.15) is 20.3 Å². The van der Waals surface area contributed by atoms with Crippen LogP contribution in [0.4, 0.5) is 0 Å². The molecule has 0 aliphatic carbocycles. The first-order valence-electron chi connectivity index (χ1n) is 4.06. The summed E-state index contributed by atoms with van der Waals surface area (Å²) in [5.41, 5.74) is 0.922. The van der Waals surface area contributed by atoms with Gasteiger partial charge in [0, 0.05) is 0 Å². The SMILES string of the molecule is CC/C(C)=C/COP(=O)(O)OP(=O)(O)O. The van der Waals surface area contributed by atoms with Gasteiger partial charge in [-0.3, -0.25) is 4.52 Å². The smallest absolute Gasteiger partial charge is 0.302 e. The lowest BCUT2D eigenvalue weighted by Crippen LogP contribution is -1.94. The minimum absolute atomic E-state index is 0.243. The molecule has 0 aliphatic rings. The first-order chi connectivity index (χ1) is 6.66. The zero-order chi connectivity index (χ0) is 12.1. The molecule has 0 saturated heterocycles. The van der Waals surface area contributed by atoms with Crippen molar-refractivity contribution in [1.82, 2.24) is 0 Å². The normalized spacial score (nSPS) is 17.5. The fourth-order valence-electron chi connectivity index (χ4n) is 0.576. The van der Waals surface area contributed by atoms with Gasteiger partial charge in [0.05, 0.1) is 6.61 Å². The third-order valence-electron chi connectivity index (χ3n) is 1.44. The van der Waals surface area contributed by atoms with E-state index >= 15 is 0 Å². The van der Waals surface area contributed by atoms with Gasteiger partial charge in [0.2, 0.25) is 0 Å². The third kappa shape index (κ3) is 8.96. The van der Waals surface area contributed by atoms with Gasteiger partial charge < -0.3 is 14.7 Å². The van der Waals surface area contributed by atoms with E-state index in [0.717, 1.165) is 12.0 Å². The maximum absolute atomic E-state index is 10.9. The number of phosphoric acid groups is 2. The average molecular weight is 260 g/mol. The Morgan fingerprint density at radius 1 is 1.33 bits per heavy atom. The number of phosphoric ester groups is 1. The van der Waals surface area contributed by atoms with E-state index in [1.165, 1.54) is 6.08 Å². The monoisotopic (exact) mass is 260 g/mol. The molecule has 0 aromatic heterocycles. The summed E-state index contributed by atoms with van der Waals surface area (Å²) in [6.07, 6.45) is 2.27. The summed E-state index contributed by atoms with van der Waals surface area (Å²) >= 11 is 0. The molecule has 15 heavy (non-hydrogen) atoms. The lowest BCUT2D eigenvalue weighted by atomic mass is 10.2. The van der Waals surface area contributed by atoms with Gasteiger partial charge in [-0.15, -0.1) is 0 Å². The second kappa shape index (κ2) is 5.92. The van der Waals surface area contributed by atoms with Gasteiger partial charge in [-0.1, -0.05) is 18.6 Å². The standard InChI is InChI=1S/C6H14O7P2/c1-3-6(2)4-5-12-15(10,11)13-14(7,8)9/h4H,3,5H2,1-2H3,(H,10,11)(H2,7,8,9)/b6-4+. The molecule has 0 heterocycles. The van der Waals surface area contributed by atoms with Crippen LogP contribution in [0.15, 0.2) is 11.6 Å². The molecule has 0 saturated carbocycles. The van der Waals surface area contributed by atoms with Gasteiger partial charge in [-0.2, -0.15) is 4.31 Å². The second-order valence-corrected chi connectivity index (χ2v) is 5.57. The minimum Gasteiger partial charge on any atom is -0.302 e. The molecule has 0 amide bonds. The third-order valence-corrected chi connectivity index (χ3v) is 3.59. The fourth-order valence-corrected chi connectivity index (χ4v) is 2.10. The lowest BCUT2D eigenvalue weighted by Gasteiger charge is -2.11. The van der Waals surface area contributed by atoms with E-state index in [0.29, 0.717) is 0 Å². The largest absolute Gasteiger partial charge is 0.481 e. The summed E-state index contributed by atoms with van der Waals surface area (Å²) in [5.74, 6) is 0. The van der Waals surface area contributed by atoms with E-state index in [9.17, 15) is 9.13 Å². The molecule has 0 fully saturated rings. The van der Waals surface area contributed by atoms with E-state index in [4.69, 9.17) is 14.7 Å². The molecular formula is C6H14O7P2. The molecule has 3 N–H and O–H groups in total. The number of rotatable bonds is 6. The maximum Gasteiger partial charge on any atom is 0.481 e. The van der Waals surface area contributed by atoms with Crippen molar-refractivity contribution < 1.29 is 32.6 Å². The highest BCUT2D eigenvalue weighted by Gasteiger charge is 2.31. The summed E-state index contributed by atoms with van der Waals surface area (Å²) < 4.78 is 29.0. The van der Waals surface area contributed by atoms with Crippen molar-refractivity contribution in [1.29, 1.82) is 0 Å². The Labute approximate surface area is 87.6 Å². The average Bonchev–Trinajstić information content (AvgIpc) is 1.98. The van der Waals surface area contributed by atoms with E-state index in [-0.39, 0.29) is 6.61 Å². The van der Waals surface area contributed by atoms with Crippen LogP contribution < -0.4 is 0 Å². The summed E-state index contributed by atoms with van der Waals surface area (Å²) in [5, 5.41) is 0. The first-order valence-corrected chi connectivity index (χ1v) is 7.08. The molecule has 0 spiro atoms. The molecule has 0 radical (unpaired) electrons. The van der Waals surface area contributed by atoms with Crippen molar-refractivity contribution in [2.45, 2.75) is 20.3 Å². The van der Waals surface area contributed by atoms with Crippen molar-refractivity contribution in [3.63, 3.8) is 0 Å². The Kier molecular flexibility index (Phi) is 5.92. The Bertz CT molecular complexity index is 317. The van der Waals surface area contributed by atoms with Crippen molar-refractivity contribution >= 4 is 15.6 Å². The zero-order valence-electron chi connectivity index (χ0n) is 8.36. The van der Waals surface area contributed by atoms with Crippen LogP contribution >= 0.6 is 15.6 Å². The number of hydrogen-bond donors (Lipinski definition) is 3. The first kappa shape index (κ1) is 15.0. The quantitative estimate of drug-likeness (QED) is 0.490. The van der Waals surface area contributed by atoms with Crippen molar-refractivity contribution in [2.75, 3.05) is 6.61 Å². The van der Waals surface area contributed by atoms with Crippen LogP contribution in [0.25, 0.3) is 0 Å². The van der Waals surface area contributed by atoms with Crippen molar-refractivity contribution in [3.05, 3.63) is 11.6 Å². The predicted molar refractivity (Wildman–Crippen MR) is 53.0 cm³/mol. The summed E-state index contributed by atoms with van der Waals surface area (Å²) in [7, 11) is -9.71. The van der Waals surface area contributed by atoms with Crippen molar-refractivity contribution in [3.8, 4) is 0 Å². The van der Waals surface area contributed by atoms with Gasteiger partial charge in [0.1, 0.15) is 0 Å². The molecule has 0 aromatic rings. The Hall–Kier alpha value is -0.0000000000000000416. The van der Waals surface area contributed by atoms with Crippen LogP contribution in [-0.2, 0) is 18.0 Å². The van der Waals surface area contributed by atoms with Gasteiger partial charge in [0.25, 0.3) is 0 Å². The van der Waals surface area contributed by atoms with Gasteiger partial charge in [0.15, 0.2) is 0 Å². The second-order valence-electron chi connectivity index (χ2n) is 2.74. The van der Waals surface area contributed by atoms with Gasteiger partial charge >= 0.3 is 15.6 Å². The van der Waals surface area contributed by atoms with Crippen LogP contribution in [0.3, 0.4) is 0 Å². The Morgan fingerprint density at radius 2 is 1.87 bits per heavy atom. The highest BCUT2D eigenvalue weighted by Crippen LogP contribution is 2.57. The van der Waals surface area contributed by atoms with E-state index < -0.39 is 15.6 Å². The van der Waals surface area contributed by atoms with Crippen LogP contribution in [0.5, 0.6) is 0 Å². The minimum atomic E-state index is -5.02. The molecule has 7 nitrogen and oxygen atoms in total. The summed E-state index contributed by atoms with van der Waals surface area (Å²) in [4.78, 5) is 25.4. The topological polar surface area (TPSA) is 113 Å². The number of hydrogen-bond acceptors (Lipinski definition) is 4. The molecule has 1 atom stereocenters. The van der Waals surface area contributed by atoms with E-state index in [1.807, 2.05) is 6.92 Å². The highest BCUT2D eigenvalue weighted by molar-refractivity contribution is 7.60. The molecule has 0 bridgehead atoms. The summed E-state index contributed by atoms with van der Waals surface area (Å²) in [6.45, 7) is 3.43.